The number of halogens is 1. The quantitative estimate of drug-likeness (QED) is 0.887. The molecule has 110 valence electrons. The number of sulfonamides is 1. The van der Waals surface area contributed by atoms with Crippen molar-refractivity contribution >= 4 is 10.0 Å². The first-order valence-electron chi connectivity index (χ1n) is 6.57. The molecule has 0 amide bonds. The number of hydrogen-bond donors (Lipinski definition) is 1. The summed E-state index contributed by atoms with van der Waals surface area (Å²) in [6.45, 7) is 1.11. The second-order valence-corrected chi connectivity index (χ2v) is 7.21. The van der Waals surface area contributed by atoms with Crippen LogP contribution in [0.4, 0.5) is 4.39 Å². The Kier molecular flexibility index (Phi) is 3.43. The van der Waals surface area contributed by atoms with Crippen LogP contribution in [0.1, 0.15) is 6.42 Å². The summed E-state index contributed by atoms with van der Waals surface area (Å²) in [4.78, 5) is 0. The zero-order chi connectivity index (χ0) is 14.3. The van der Waals surface area contributed by atoms with Crippen molar-refractivity contribution < 1.29 is 17.5 Å². The van der Waals surface area contributed by atoms with Crippen molar-refractivity contribution in [2.24, 2.45) is 0 Å². The second-order valence-electron chi connectivity index (χ2n) is 5.28. The minimum absolute atomic E-state index is 0.00484. The van der Waals surface area contributed by atoms with Gasteiger partial charge in [0.15, 0.2) is 0 Å². The lowest BCUT2D eigenvalue weighted by atomic mass is 10.1. The van der Waals surface area contributed by atoms with Crippen molar-refractivity contribution in [2.45, 2.75) is 24.6 Å². The third-order valence-electron chi connectivity index (χ3n) is 3.89. The first kappa shape index (κ1) is 13.8. The number of rotatable bonds is 3. The van der Waals surface area contributed by atoms with Gasteiger partial charge in [-0.3, -0.25) is 0 Å². The molecule has 0 bridgehead atoms. The molecule has 0 saturated carbocycles. The molecule has 1 aromatic carbocycles. The van der Waals surface area contributed by atoms with Gasteiger partial charge in [-0.05, 0) is 37.2 Å². The first-order valence-corrected chi connectivity index (χ1v) is 8.42. The molecule has 20 heavy (non-hydrogen) atoms. The lowest BCUT2D eigenvalue weighted by Gasteiger charge is -2.19. The molecule has 1 aromatic rings. The van der Waals surface area contributed by atoms with Gasteiger partial charge < -0.3 is 10.1 Å². The van der Waals surface area contributed by atoms with Crippen LogP contribution in [0.25, 0.3) is 0 Å². The maximum Gasteiger partial charge on any atom is 0.211 e. The van der Waals surface area contributed by atoms with Crippen LogP contribution in [0.2, 0.25) is 0 Å². The highest BCUT2D eigenvalue weighted by Crippen LogP contribution is 2.30. The molecule has 0 aliphatic carbocycles. The molecule has 2 aliphatic heterocycles. The fraction of sp³-hybridized carbons (Fsp3) is 0.538. The Bertz CT molecular complexity index is 590. The smallest absolute Gasteiger partial charge is 0.211 e. The summed E-state index contributed by atoms with van der Waals surface area (Å²) in [5.41, 5.74) is 0. The number of nitrogens with zero attached hydrogens (tertiary/aromatic N) is 1. The number of hydrogen-bond acceptors (Lipinski definition) is 4. The van der Waals surface area contributed by atoms with E-state index in [-0.39, 0.29) is 24.0 Å². The summed E-state index contributed by atoms with van der Waals surface area (Å²) in [7, 11) is -3.24. The molecular formula is C13H17FN2O3S. The first-order chi connectivity index (χ1) is 9.45. The maximum atomic E-state index is 12.9. The minimum Gasteiger partial charge on any atom is -0.487 e. The van der Waals surface area contributed by atoms with E-state index in [1.807, 2.05) is 0 Å². The van der Waals surface area contributed by atoms with E-state index in [4.69, 9.17) is 4.74 Å². The topological polar surface area (TPSA) is 58.6 Å². The zero-order valence-corrected chi connectivity index (χ0v) is 11.9. The third kappa shape index (κ3) is 2.53. The summed E-state index contributed by atoms with van der Waals surface area (Å²) in [5.74, 6) is 0.234. The number of benzene rings is 1. The average Bonchev–Trinajstić information content (AvgIpc) is 2.94. The van der Waals surface area contributed by atoms with Crippen molar-refractivity contribution in [3.63, 3.8) is 0 Å². The van der Waals surface area contributed by atoms with Gasteiger partial charge in [-0.1, -0.05) is 0 Å². The molecule has 5 nitrogen and oxygen atoms in total. The number of nitrogens with one attached hydrogen (secondary N) is 1. The highest BCUT2D eigenvalue weighted by atomic mass is 32.2. The zero-order valence-electron chi connectivity index (χ0n) is 11.1. The van der Waals surface area contributed by atoms with Crippen LogP contribution in [0.3, 0.4) is 0 Å². The molecule has 2 heterocycles. The van der Waals surface area contributed by atoms with E-state index in [9.17, 15) is 12.8 Å². The molecule has 0 unspecified atom stereocenters. The van der Waals surface area contributed by atoms with Crippen LogP contribution in [0, 0.1) is 5.82 Å². The summed E-state index contributed by atoms with van der Waals surface area (Å²) in [5, 5.41) is 3.30. The largest absolute Gasteiger partial charge is 0.487 e. The van der Waals surface area contributed by atoms with Crippen molar-refractivity contribution in [3.05, 3.63) is 30.1 Å². The third-order valence-corrected chi connectivity index (χ3v) is 5.16. The van der Waals surface area contributed by atoms with E-state index in [0.717, 1.165) is 13.0 Å². The van der Waals surface area contributed by atoms with Crippen molar-refractivity contribution in [3.8, 4) is 5.75 Å². The van der Waals surface area contributed by atoms with E-state index in [1.165, 1.54) is 22.7 Å². The van der Waals surface area contributed by atoms with Gasteiger partial charge in [0.05, 0.1) is 18.8 Å². The molecule has 3 rings (SSSR count). The summed E-state index contributed by atoms with van der Waals surface area (Å²) < 4.78 is 43.8. The fourth-order valence-electron chi connectivity index (χ4n) is 3.02. The molecule has 3 atom stereocenters. The van der Waals surface area contributed by atoms with E-state index in [0.29, 0.717) is 12.3 Å². The van der Waals surface area contributed by atoms with Gasteiger partial charge in [0.2, 0.25) is 10.0 Å². The van der Waals surface area contributed by atoms with E-state index in [1.54, 1.807) is 12.1 Å². The molecular weight excluding hydrogens is 283 g/mol. The Morgan fingerprint density at radius 3 is 2.70 bits per heavy atom. The van der Waals surface area contributed by atoms with Gasteiger partial charge in [-0.15, -0.1) is 0 Å². The molecule has 0 spiro atoms. The van der Waals surface area contributed by atoms with Crippen molar-refractivity contribution in [1.29, 1.82) is 0 Å². The molecule has 2 fully saturated rings. The Hall–Kier alpha value is -1.18. The monoisotopic (exact) mass is 300 g/mol. The number of fused-ring (bicyclic) bond motifs is 1. The van der Waals surface area contributed by atoms with Crippen LogP contribution >= 0.6 is 0 Å². The Morgan fingerprint density at radius 1 is 1.35 bits per heavy atom. The van der Waals surface area contributed by atoms with Gasteiger partial charge in [0, 0.05) is 6.04 Å². The Morgan fingerprint density at radius 2 is 2.05 bits per heavy atom. The maximum absolute atomic E-state index is 12.9. The van der Waals surface area contributed by atoms with Crippen LogP contribution < -0.4 is 10.1 Å². The highest BCUT2D eigenvalue weighted by molar-refractivity contribution is 7.88. The van der Waals surface area contributed by atoms with Gasteiger partial charge in [0.1, 0.15) is 17.7 Å². The summed E-state index contributed by atoms with van der Waals surface area (Å²) >= 11 is 0. The molecule has 0 radical (unpaired) electrons. The minimum atomic E-state index is -3.24. The van der Waals surface area contributed by atoms with Crippen LogP contribution in [-0.4, -0.2) is 50.3 Å². The molecule has 2 aliphatic rings. The Labute approximate surface area is 117 Å². The standard InChI is InChI=1S/C13H17FN2O3S/c1-20(17,18)16-8-12(13-11(16)6-7-15-13)19-10-4-2-9(14)3-5-10/h2-5,11-13,15H,6-8H2,1H3/t11-,12+,13+/m1/s1. The number of ether oxygens (including phenoxy) is 1. The second kappa shape index (κ2) is 4.98. The predicted molar refractivity (Wildman–Crippen MR) is 72.6 cm³/mol. The average molecular weight is 300 g/mol. The Balaban J connectivity index is 1.79. The normalized spacial score (nSPS) is 30.4. The van der Waals surface area contributed by atoms with Gasteiger partial charge in [-0.25, -0.2) is 12.8 Å². The molecule has 2 saturated heterocycles. The fourth-order valence-corrected chi connectivity index (χ4v) is 4.17. The highest BCUT2D eigenvalue weighted by Gasteiger charge is 2.49. The molecule has 0 aromatic heterocycles. The van der Waals surface area contributed by atoms with E-state index < -0.39 is 10.0 Å². The van der Waals surface area contributed by atoms with E-state index >= 15 is 0 Å². The SMILES string of the molecule is CS(=O)(=O)N1C[C@H](Oc2ccc(F)cc2)[C@H]2NCC[C@H]21. The van der Waals surface area contributed by atoms with Gasteiger partial charge in [-0.2, -0.15) is 4.31 Å². The lowest BCUT2D eigenvalue weighted by molar-refractivity contribution is 0.189. The van der Waals surface area contributed by atoms with Crippen LogP contribution in [0.5, 0.6) is 5.75 Å². The van der Waals surface area contributed by atoms with Crippen molar-refractivity contribution in [2.75, 3.05) is 19.3 Å². The molecule has 7 heteroatoms. The van der Waals surface area contributed by atoms with E-state index in [2.05, 4.69) is 5.32 Å². The van der Waals surface area contributed by atoms with Crippen LogP contribution in [0.15, 0.2) is 24.3 Å². The van der Waals surface area contributed by atoms with Gasteiger partial charge in [0.25, 0.3) is 0 Å². The summed E-state index contributed by atoms with van der Waals surface area (Å²) in [6, 6.07) is 5.73. The van der Waals surface area contributed by atoms with Crippen molar-refractivity contribution in [1.82, 2.24) is 9.62 Å². The molecule has 1 N–H and O–H groups in total. The van der Waals surface area contributed by atoms with Gasteiger partial charge >= 0.3 is 0 Å². The lowest BCUT2D eigenvalue weighted by Crippen LogP contribution is -2.40. The predicted octanol–water partition coefficient (Wildman–Crippen LogP) is 0.579. The summed E-state index contributed by atoms with van der Waals surface area (Å²) in [6.07, 6.45) is 1.77. The van der Waals surface area contributed by atoms with Crippen LogP contribution in [-0.2, 0) is 10.0 Å².